The number of rotatable bonds is 4. The Morgan fingerprint density at radius 1 is 1.47 bits per heavy atom. The molecular weight excluding hydrogens is 218 g/mol. The van der Waals surface area contributed by atoms with E-state index in [4.69, 9.17) is 4.74 Å². The van der Waals surface area contributed by atoms with Crippen molar-refractivity contribution in [2.45, 2.75) is 65.2 Å². The number of hydrogen-bond acceptors (Lipinski definition) is 3. The highest BCUT2D eigenvalue weighted by atomic mass is 16.5. The Hall–Kier alpha value is -0.610. The number of carbonyl (C=O) groups is 1. The zero-order valence-electron chi connectivity index (χ0n) is 11.3. The van der Waals surface area contributed by atoms with E-state index in [0.29, 0.717) is 0 Å². The Morgan fingerprint density at radius 3 is 2.53 bits per heavy atom. The van der Waals surface area contributed by atoms with Gasteiger partial charge < -0.3 is 15.2 Å². The van der Waals surface area contributed by atoms with E-state index in [1.807, 2.05) is 6.92 Å². The van der Waals surface area contributed by atoms with Crippen LogP contribution in [-0.4, -0.2) is 35.9 Å². The van der Waals surface area contributed by atoms with Crippen LogP contribution in [-0.2, 0) is 9.53 Å². The first-order valence-corrected chi connectivity index (χ1v) is 6.38. The zero-order chi connectivity index (χ0) is 13.1. The molecule has 1 aliphatic heterocycles. The molecule has 2 N–H and O–H groups in total. The van der Waals surface area contributed by atoms with Crippen molar-refractivity contribution in [1.82, 2.24) is 5.32 Å². The van der Waals surface area contributed by atoms with Crippen LogP contribution in [0.5, 0.6) is 0 Å². The Kier molecular flexibility index (Phi) is 4.95. The Morgan fingerprint density at radius 2 is 2.12 bits per heavy atom. The van der Waals surface area contributed by atoms with E-state index in [1.165, 1.54) is 0 Å². The van der Waals surface area contributed by atoms with Gasteiger partial charge in [0, 0.05) is 0 Å². The van der Waals surface area contributed by atoms with E-state index < -0.39 is 0 Å². The summed E-state index contributed by atoms with van der Waals surface area (Å²) in [5.41, 5.74) is 0.0878. The van der Waals surface area contributed by atoms with Crippen LogP contribution in [0.4, 0.5) is 0 Å². The van der Waals surface area contributed by atoms with Crippen molar-refractivity contribution in [3.05, 3.63) is 0 Å². The van der Waals surface area contributed by atoms with Gasteiger partial charge >= 0.3 is 0 Å². The van der Waals surface area contributed by atoms with E-state index in [1.54, 1.807) is 0 Å². The molecule has 1 aliphatic rings. The van der Waals surface area contributed by atoms with Crippen molar-refractivity contribution < 1.29 is 14.6 Å². The number of aliphatic hydroxyl groups is 1. The van der Waals surface area contributed by atoms with Gasteiger partial charge in [0.2, 0.25) is 5.91 Å². The zero-order valence-corrected chi connectivity index (χ0v) is 11.3. The van der Waals surface area contributed by atoms with E-state index in [-0.39, 0.29) is 36.2 Å². The Labute approximate surface area is 104 Å². The molecule has 1 fully saturated rings. The number of nitrogens with one attached hydrogen (secondary N) is 1. The molecule has 4 heteroatoms. The summed E-state index contributed by atoms with van der Waals surface area (Å²) in [6, 6.07) is -0.179. The monoisotopic (exact) mass is 243 g/mol. The van der Waals surface area contributed by atoms with Crippen LogP contribution in [0, 0.1) is 5.41 Å². The van der Waals surface area contributed by atoms with Crippen molar-refractivity contribution in [2.24, 2.45) is 5.41 Å². The van der Waals surface area contributed by atoms with Crippen LogP contribution in [0.25, 0.3) is 0 Å². The van der Waals surface area contributed by atoms with E-state index in [2.05, 4.69) is 26.1 Å². The molecule has 4 nitrogen and oxygen atoms in total. The molecule has 0 aromatic carbocycles. The molecule has 3 unspecified atom stereocenters. The van der Waals surface area contributed by atoms with Crippen molar-refractivity contribution in [1.29, 1.82) is 0 Å². The lowest BCUT2D eigenvalue weighted by Crippen LogP contribution is -2.44. The summed E-state index contributed by atoms with van der Waals surface area (Å²) in [5, 5.41) is 12.1. The molecule has 0 bridgehead atoms. The fourth-order valence-electron chi connectivity index (χ4n) is 2.19. The van der Waals surface area contributed by atoms with Gasteiger partial charge in [-0.3, -0.25) is 4.79 Å². The molecule has 17 heavy (non-hydrogen) atoms. The number of carbonyl (C=O) groups excluding carboxylic acids is 1. The lowest BCUT2D eigenvalue weighted by Gasteiger charge is -2.26. The van der Waals surface area contributed by atoms with Gasteiger partial charge in [-0.25, -0.2) is 0 Å². The van der Waals surface area contributed by atoms with Crippen LogP contribution < -0.4 is 5.32 Å². The maximum Gasteiger partial charge on any atom is 0.249 e. The minimum Gasteiger partial charge on any atom is -0.394 e. The third-order valence-corrected chi connectivity index (χ3v) is 2.95. The highest BCUT2D eigenvalue weighted by Gasteiger charge is 2.30. The molecule has 100 valence electrons. The maximum absolute atomic E-state index is 11.9. The van der Waals surface area contributed by atoms with Crippen LogP contribution in [0.15, 0.2) is 0 Å². The van der Waals surface area contributed by atoms with Gasteiger partial charge in [0.25, 0.3) is 0 Å². The second kappa shape index (κ2) is 5.83. The normalized spacial score (nSPS) is 26.9. The van der Waals surface area contributed by atoms with Crippen LogP contribution in [0.1, 0.15) is 47.0 Å². The van der Waals surface area contributed by atoms with Crippen LogP contribution in [0.3, 0.4) is 0 Å². The average Bonchev–Trinajstić information content (AvgIpc) is 2.61. The summed E-state index contributed by atoms with van der Waals surface area (Å²) in [5.74, 6) is -0.0855. The highest BCUT2D eigenvalue weighted by molar-refractivity contribution is 5.81. The highest BCUT2D eigenvalue weighted by Crippen LogP contribution is 2.22. The van der Waals surface area contributed by atoms with Gasteiger partial charge in [0.05, 0.1) is 18.8 Å². The first-order valence-electron chi connectivity index (χ1n) is 6.38. The number of aliphatic hydroxyl groups excluding tert-OH is 1. The quantitative estimate of drug-likeness (QED) is 0.786. The number of amides is 1. The summed E-state index contributed by atoms with van der Waals surface area (Å²) < 4.78 is 5.50. The fourth-order valence-corrected chi connectivity index (χ4v) is 2.19. The Balaban J connectivity index is 2.42. The molecule has 0 aliphatic carbocycles. The summed E-state index contributed by atoms with van der Waals surface area (Å²) in [4.78, 5) is 11.9. The molecular formula is C13H25NO3. The van der Waals surface area contributed by atoms with Gasteiger partial charge in [-0.2, -0.15) is 0 Å². The third kappa shape index (κ3) is 5.04. The van der Waals surface area contributed by atoms with Crippen LogP contribution in [0.2, 0.25) is 0 Å². The minimum absolute atomic E-state index is 0.0225. The number of ether oxygens (including phenoxy) is 1. The maximum atomic E-state index is 11.9. The van der Waals surface area contributed by atoms with Crippen LogP contribution >= 0.6 is 0 Å². The summed E-state index contributed by atoms with van der Waals surface area (Å²) >= 11 is 0. The van der Waals surface area contributed by atoms with Gasteiger partial charge in [-0.05, 0) is 31.6 Å². The fraction of sp³-hybridized carbons (Fsp3) is 0.923. The molecule has 0 radical (unpaired) electrons. The standard InChI is InChI=1S/C13H25NO3/c1-9-5-6-11(17-9)12(16)14-10(8-15)7-13(2,3)4/h9-11,15H,5-8H2,1-4H3,(H,14,16). The Bertz CT molecular complexity index is 260. The number of hydrogen-bond donors (Lipinski definition) is 2. The van der Waals surface area contributed by atoms with Gasteiger partial charge in [0.1, 0.15) is 6.10 Å². The molecule has 0 spiro atoms. The van der Waals surface area contributed by atoms with E-state index in [0.717, 1.165) is 19.3 Å². The topological polar surface area (TPSA) is 58.6 Å². The summed E-state index contributed by atoms with van der Waals surface area (Å²) in [6.07, 6.45) is 2.30. The second-order valence-corrected chi connectivity index (χ2v) is 6.17. The van der Waals surface area contributed by atoms with Gasteiger partial charge in [-0.15, -0.1) is 0 Å². The molecule has 3 atom stereocenters. The van der Waals surface area contributed by atoms with E-state index in [9.17, 15) is 9.90 Å². The molecule has 1 heterocycles. The first kappa shape index (κ1) is 14.5. The largest absolute Gasteiger partial charge is 0.394 e. The van der Waals surface area contributed by atoms with Gasteiger partial charge in [0.15, 0.2) is 0 Å². The first-order chi connectivity index (χ1) is 7.81. The SMILES string of the molecule is CC1CCC(C(=O)NC(CO)CC(C)(C)C)O1. The van der Waals surface area contributed by atoms with Gasteiger partial charge in [-0.1, -0.05) is 20.8 Å². The second-order valence-electron chi connectivity index (χ2n) is 6.17. The molecule has 1 rings (SSSR count). The minimum atomic E-state index is -0.334. The lowest BCUT2D eigenvalue weighted by molar-refractivity contribution is -0.133. The lowest BCUT2D eigenvalue weighted by atomic mass is 9.88. The summed E-state index contributed by atoms with van der Waals surface area (Å²) in [7, 11) is 0. The smallest absolute Gasteiger partial charge is 0.249 e. The van der Waals surface area contributed by atoms with Crippen molar-refractivity contribution in [3.63, 3.8) is 0 Å². The predicted octanol–water partition coefficient (Wildman–Crippen LogP) is 1.47. The molecule has 0 saturated carbocycles. The molecule has 1 amide bonds. The molecule has 0 aromatic rings. The summed E-state index contributed by atoms with van der Waals surface area (Å²) in [6.45, 7) is 8.24. The van der Waals surface area contributed by atoms with Crippen molar-refractivity contribution >= 4 is 5.91 Å². The molecule has 1 saturated heterocycles. The van der Waals surface area contributed by atoms with Crippen molar-refractivity contribution in [3.8, 4) is 0 Å². The molecule has 0 aromatic heterocycles. The van der Waals surface area contributed by atoms with Crippen molar-refractivity contribution in [2.75, 3.05) is 6.61 Å². The third-order valence-electron chi connectivity index (χ3n) is 2.95. The average molecular weight is 243 g/mol. The predicted molar refractivity (Wildman–Crippen MR) is 66.7 cm³/mol. The van der Waals surface area contributed by atoms with E-state index >= 15 is 0 Å².